The van der Waals surface area contributed by atoms with Crippen LogP contribution in [0.5, 0.6) is 0 Å². The standard InChI is InChI=1S/C22H30O4/c1-12-9-17-16-6-5-14-10-15(24)7-8-20(14,3)19(16)18(25)11-21(17,4)22(12,26)13(2)23/h7-8,10,12,16-19,25-26H,5-6,9,11H2,1-4H3/t12-,16-,17-,18-,19-,20-,21-,22-/m0/s1. The molecule has 0 heterocycles. The van der Waals surface area contributed by atoms with Crippen molar-refractivity contribution < 1.29 is 19.8 Å². The maximum absolute atomic E-state index is 12.4. The molecule has 4 aliphatic rings. The van der Waals surface area contributed by atoms with Crippen molar-refractivity contribution in [3.8, 4) is 0 Å². The van der Waals surface area contributed by atoms with Crippen LogP contribution < -0.4 is 0 Å². The number of Topliss-reactive ketones (excluding diaryl/α,β-unsaturated/α-hetero) is 1. The van der Waals surface area contributed by atoms with E-state index >= 15 is 0 Å². The Bertz CT molecular complexity index is 736. The van der Waals surface area contributed by atoms with Gasteiger partial charge in [0.05, 0.1) is 6.10 Å². The van der Waals surface area contributed by atoms with Crippen molar-refractivity contribution in [3.05, 3.63) is 23.8 Å². The lowest BCUT2D eigenvalue weighted by Gasteiger charge is -2.59. The molecule has 0 saturated heterocycles. The molecule has 26 heavy (non-hydrogen) atoms. The molecule has 3 fully saturated rings. The fraction of sp³-hybridized carbons (Fsp3) is 0.727. The third kappa shape index (κ3) is 1.98. The van der Waals surface area contributed by atoms with Crippen LogP contribution in [0.25, 0.3) is 0 Å². The molecule has 0 aliphatic heterocycles. The van der Waals surface area contributed by atoms with E-state index in [-0.39, 0.29) is 40.7 Å². The average Bonchev–Trinajstić information content (AvgIpc) is 2.76. The van der Waals surface area contributed by atoms with Crippen LogP contribution in [0.15, 0.2) is 23.8 Å². The van der Waals surface area contributed by atoms with Gasteiger partial charge in [0, 0.05) is 16.7 Å². The van der Waals surface area contributed by atoms with E-state index in [2.05, 4.69) is 6.92 Å². The SMILES string of the molecule is CC(=O)[C@@]1(O)[C@@H](C)C[C@H]2[C@@H]3CCC4=CC(=O)C=C[C@]4(C)[C@@H]3[C@@H](O)C[C@@]21C. The number of allylic oxidation sites excluding steroid dienone is 4. The molecule has 4 heteroatoms. The second-order valence-electron chi connectivity index (χ2n) is 9.67. The summed E-state index contributed by atoms with van der Waals surface area (Å²) < 4.78 is 0. The molecule has 8 atom stereocenters. The Balaban J connectivity index is 1.79. The van der Waals surface area contributed by atoms with Crippen molar-refractivity contribution in [1.29, 1.82) is 0 Å². The number of rotatable bonds is 1. The third-order valence-electron chi connectivity index (χ3n) is 8.61. The van der Waals surface area contributed by atoms with E-state index in [1.165, 1.54) is 6.92 Å². The summed E-state index contributed by atoms with van der Waals surface area (Å²) in [5.41, 5.74) is -1.14. The highest BCUT2D eigenvalue weighted by Gasteiger charge is 2.69. The first-order valence-electron chi connectivity index (χ1n) is 9.91. The number of hydrogen-bond acceptors (Lipinski definition) is 4. The molecule has 4 nitrogen and oxygen atoms in total. The van der Waals surface area contributed by atoms with E-state index < -0.39 is 17.1 Å². The highest BCUT2D eigenvalue weighted by Crippen LogP contribution is 2.68. The van der Waals surface area contributed by atoms with Crippen LogP contribution in [-0.4, -0.2) is 33.5 Å². The first-order chi connectivity index (χ1) is 12.1. The Kier molecular flexibility index (Phi) is 3.75. The monoisotopic (exact) mass is 358 g/mol. The minimum Gasteiger partial charge on any atom is -0.393 e. The lowest BCUT2D eigenvalue weighted by Crippen LogP contribution is -2.61. The van der Waals surface area contributed by atoms with Crippen molar-refractivity contribution in [3.63, 3.8) is 0 Å². The van der Waals surface area contributed by atoms with Crippen molar-refractivity contribution in [2.24, 2.45) is 34.5 Å². The Morgan fingerprint density at radius 2 is 2.00 bits per heavy atom. The van der Waals surface area contributed by atoms with Crippen molar-refractivity contribution in [2.45, 2.75) is 65.1 Å². The summed E-state index contributed by atoms with van der Waals surface area (Å²) in [6.07, 6.45) is 7.79. The number of carbonyl (C=O) groups is 2. The van der Waals surface area contributed by atoms with Crippen LogP contribution in [-0.2, 0) is 9.59 Å². The molecule has 4 aliphatic carbocycles. The summed E-state index contributed by atoms with van der Waals surface area (Å²) in [5, 5.41) is 22.6. The molecule has 0 bridgehead atoms. The average molecular weight is 358 g/mol. The van der Waals surface area contributed by atoms with Gasteiger partial charge in [0.2, 0.25) is 0 Å². The second-order valence-corrected chi connectivity index (χ2v) is 9.67. The Labute approximate surface area is 155 Å². The zero-order valence-corrected chi connectivity index (χ0v) is 16.2. The number of aliphatic hydroxyl groups is 2. The van der Waals surface area contributed by atoms with E-state index in [1.54, 1.807) is 12.2 Å². The van der Waals surface area contributed by atoms with Crippen LogP contribution in [0.4, 0.5) is 0 Å². The number of carbonyl (C=O) groups excluding carboxylic acids is 2. The number of fused-ring (bicyclic) bond motifs is 5. The van der Waals surface area contributed by atoms with Gasteiger partial charge in [0.25, 0.3) is 0 Å². The fourth-order valence-electron chi connectivity index (χ4n) is 7.41. The van der Waals surface area contributed by atoms with Gasteiger partial charge in [0.1, 0.15) is 5.60 Å². The topological polar surface area (TPSA) is 74.6 Å². The van der Waals surface area contributed by atoms with Gasteiger partial charge >= 0.3 is 0 Å². The summed E-state index contributed by atoms with van der Waals surface area (Å²) in [4.78, 5) is 24.3. The van der Waals surface area contributed by atoms with E-state index in [0.717, 1.165) is 24.8 Å². The van der Waals surface area contributed by atoms with Gasteiger partial charge in [-0.05, 0) is 62.5 Å². The normalized spacial score (nSPS) is 52.8. The number of ketones is 2. The van der Waals surface area contributed by atoms with E-state index in [9.17, 15) is 19.8 Å². The minimum atomic E-state index is -1.36. The maximum Gasteiger partial charge on any atom is 0.178 e. The third-order valence-corrected chi connectivity index (χ3v) is 8.61. The smallest absolute Gasteiger partial charge is 0.178 e. The van der Waals surface area contributed by atoms with Crippen LogP contribution in [0.1, 0.15) is 53.4 Å². The van der Waals surface area contributed by atoms with Crippen LogP contribution in [0, 0.1) is 34.5 Å². The lowest BCUT2D eigenvalue weighted by atomic mass is 9.46. The zero-order chi connectivity index (χ0) is 19.1. The predicted molar refractivity (Wildman–Crippen MR) is 98.2 cm³/mol. The summed E-state index contributed by atoms with van der Waals surface area (Å²) >= 11 is 0. The van der Waals surface area contributed by atoms with E-state index in [1.807, 2.05) is 19.9 Å². The largest absolute Gasteiger partial charge is 0.393 e. The molecule has 3 saturated carbocycles. The first kappa shape index (κ1) is 18.1. The molecule has 0 amide bonds. The second kappa shape index (κ2) is 5.39. The maximum atomic E-state index is 12.4. The quantitative estimate of drug-likeness (QED) is 0.756. The van der Waals surface area contributed by atoms with Crippen molar-refractivity contribution in [1.82, 2.24) is 0 Å². The van der Waals surface area contributed by atoms with E-state index in [0.29, 0.717) is 6.42 Å². The van der Waals surface area contributed by atoms with Crippen molar-refractivity contribution in [2.75, 3.05) is 0 Å². The summed E-state index contributed by atoms with van der Waals surface area (Å²) in [5.74, 6) is 0.252. The molecule has 0 aromatic carbocycles. The lowest BCUT2D eigenvalue weighted by molar-refractivity contribution is -0.180. The van der Waals surface area contributed by atoms with Gasteiger partial charge in [-0.3, -0.25) is 9.59 Å². The first-order valence-corrected chi connectivity index (χ1v) is 9.91. The Morgan fingerprint density at radius 1 is 1.31 bits per heavy atom. The van der Waals surface area contributed by atoms with Crippen LogP contribution in [0.2, 0.25) is 0 Å². The van der Waals surface area contributed by atoms with Gasteiger partial charge in [0.15, 0.2) is 11.6 Å². The Hall–Kier alpha value is -1.26. The van der Waals surface area contributed by atoms with Crippen LogP contribution >= 0.6 is 0 Å². The van der Waals surface area contributed by atoms with Gasteiger partial charge in [-0.25, -0.2) is 0 Å². The fourth-order valence-corrected chi connectivity index (χ4v) is 7.41. The molecule has 0 spiro atoms. The minimum absolute atomic E-state index is 0.0337. The summed E-state index contributed by atoms with van der Waals surface area (Å²) in [6.45, 7) is 7.61. The van der Waals surface area contributed by atoms with Crippen molar-refractivity contribution >= 4 is 11.6 Å². The molecule has 0 aromatic rings. The molecular weight excluding hydrogens is 328 g/mol. The van der Waals surface area contributed by atoms with Gasteiger partial charge in [-0.2, -0.15) is 0 Å². The van der Waals surface area contributed by atoms with Gasteiger partial charge in [-0.15, -0.1) is 0 Å². The molecule has 0 radical (unpaired) electrons. The zero-order valence-electron chi connectivity index (χ0n) is 16.2. The summed E-state index contributed by atoms with van der Waals surface area (Å²) in [6, 6.07) is 0. The van der Waals surface area contributed by atoms with Gasteiger partial charge < -0.3 is 10.2 Å². The highest BCUT2D eigenvalue weighted by molar-refractivity contribution is 6.01. The predicted octanol–water partition coefficient (Wildman–Crippen LogP) is 2.83. The molecule has 0 aromatic heterocycles. The van der Waals surface area contributed by atoms with E-state index in [4.69, 9.17) is 0 Å². The highest BCUT2D eigenvalue weighted by atomic mass is 16.3. The molecule has 0 unspecified atom stereocenters. The van der Waals surface area contributed by atoms with Crippen LogP contribution in [0.3, 0.4) is 0 Å². The molecule has 4 rings (SSSR count). The van der Waals surface area contributed by atoms with Gasteiger partial charge in [-0.1, -0.05) is 32.4 Å². The number of hydrogen-bond donors (Lipinski definition) is 2. The molecule has 2 N–H and O–H groups in total. The molecule has 142 valence electrons. The number of aliphatic hydroxyl groups excluding tert-OH is 1. The summed E-state index contributed by atoms with van der Waals surface area (Å²) in [7, 11) is 0. The molecular formula is C22H30O4. The Morgan fingerprint density at radius 3 is 2.65 bits per heavy atom.